The van der Waals surface area contributed by atoms with Gasteiger partial charge < -0.3 is 20.5 Å². The maximum absolute atomic E-state index is 12.8. The van der Waals surface area contributed by atoms with Crippen molar-refractivity contribution < 1.29 is 14.3 Å². The van der Waals surface area contributed by atoms with Crippen molar-refractivity contribution in [2.45, 2.75) is 31.3 Å². The third kappa shape index (κ3) is 2.65. The molecule has 0 spiro atoms. The Morgan fingerprint density at radius 1 is 1.32 bits per heavy atom. The number of nitrogens with two attached hydrogens (primary N) is 1. The van der Waals surface area contributed by atoms with Crippen LogP contribution in [0.4, 0.5) is 0 Å². The molecular weight excluding hydrogens is 316 g/mol. The highest BCUT2D eigenvalue weighted by Gasteiger charge is 2.42. The van der Waals surface area contributed by atoms with Gasteiger partial charge >= 0.3 is 0 Å². The van der Waals surface area contributed by atoms with Crippen LogP contribution in [-0.4, -0.2) is 19.6 Å². The number of rotatable bonds is 4. The Labute approximate surface area is 147 Å². The van der Waals surface area contributed by atoms with Gasteiger partial charge in [0.15, 0.2) is 0 Å². The second-order valence-electron chi connectivity index (χ2n) is 6.68. The van der Waals surface area contributed by atoms with E-state index in [0.717, 1.165) is 47.6 Å². The number of carbonyl (C=O) groups excluding carboxylic acids is 1. The molecule has 0 aromatic heterocycles. The van der Waals surface area contributed by atoms with Crippen molar-refractivity contribution in [1.82, 2.24) is 5.32 Å². The quantitative estimate of drug-likeness (QED) is 0.895. The molecule has 0 bridgehead atoms. The molecule has 5 nitrogen and oxygen atoms in total. The number of carbonyl (C=O) groups is 1. The van der Waals surface area contributed by atoms with Crippen molar-refractivity contribution >= 4 is 5.91 Å². The molecule has 1 amide bonds. The van der Waals surface area contributed by atoms with Crippen LogP contribution in [0.25, 0.3) is 0 Å². The van der Waals surface area contributed by atoms with E-state index in [1.165, 1.54) is 5.56 Å². The maximum Gasteiger partial charge on any atom is 0.244 e. The zero-order valence-electron chi connectivity index (χ0n) is 14.3. The molecular formula is C20H22N2O3. The van der Waals surface area contributed by atoms with E-state index in [-0.39, 0.29) is 5.91 Å². The number of hydrogen-bond donors (Lipinski definition) is 2. The molecule has 0 saturated carbocycles. The Morgan fingerprint density at radius 3 is 3.04 bits per heavy atom. The largest absolute Gasteiger partial charge is 0.496 e. The summed E-state index contributed by atoms with van der Waals surface area (Å²) in [7, 11) is 1.64. The van der Waals surface area contributed by atoms with Gasteiger partial charge in [-0.3, -0.25) is 4.79 Å². The van der Waals surface area contributed by atoms with Gasteiger partial charge in [0.2, 0.25) is 5.91 Å². The molecule has 0 fully saturated rings. The Hall–Kier alpha value is -2.53. The third-order valence-corrected chi connectivity index (χ3v) is 5.22. The lowest BCUT2D eigenvalue weighted by molar-refractivity contribution is -0.126. The zero-order chi connectivity index (χ0) is 17.4. The molecule has 4 rings (SSSR count). The monoisotopic (exact) mass is 338 g/mol. The highest BCUT2D eigenvalue weighted by atomic mass is 16.5. The SMILES string of the molecule is COc1cccc2c1CCC2(N)C(=O)NCc1ccc2c(c1)CCO2. The fourth-order valence-electron chi connectivity index (χ4n) is 3.82. The van der Waals surface area contributed by atoms with Gasteiger partial charge in [-0.05, 0) is 47.2 Å². The first kappa shape index (κ1) is 16.0. The average molecular weight is 338 g/mol. The van der Waals surface area contributed by atoms with E-state index in [2.05, 4.69) is 11.4 Å². The minimum atomic E-state index is -0.996. The predicted octanol–water partition coefficient (Wildman–Crippen LogP) is 2.05. The summed E-state index contributed by atoms with van der Waals surface area (Å²) in [6.07, 6.45) is 2.26. The molecule has 0 radical (unpaired) electrons. The first-order valence-corrected chi connectivity index (χ1v) is 8.60. The Balaban J connectivity index is 1.51. The van der Waals surface area contributed by atoms with Crippen LogP contribution in [0.15, 0.2) is 36.4 Å². The lowest BCUT2D eigenvalue weighted by atomic mass is 9.91. The highest BCUT2D eigenvalue weighted by molar-refractivity contribution is 5.89. The fraction of sp³-hybridized carbons (Fsp3) is 0.350. The predicted molar refractivity (Wildman–Crippen MR) is 94.7 cm³/mol. The lowest BCUT2D eigenvalue weighted by Crippen LogP contribution is -2.49. The molecule has 2 aromatic carbocycles. The van der Waals surface area contributed by atoms with E-state index in [9.17, 15) is 4.79 Å². The van der Waals surface area contributed by atoms with Gasteiger partial charge in [0.05, 0.1) is 13.7 Å². The van der Waals surface area contributed by atoms with E-state index >= 15 is 0 Å². The molecule has 25 heavy (non-hydrogen) atoms. The molecule has 5 heteroatoms. The summed E-state index contributed by atoms with van der Waals surface area (Å²) in [6, 6.07) is 11.8. The van der Waals surface area contributed by atoms with Gasteiger partial charge in [0.1, 0.15) is 17.0 Å². The van der Waals surface area contributed by atoms with Crippen molar-refractivity contribution in [3.05, 3.63) is 58.7 Å². The summed E-state index contributed by atoms with van der Waals surface area (Å²) >= 11 is 0. The Morgan fingerprint density at radius 2 is 2.20 bits per heavy atom. The number of benzene rings is 2. The molecule has 1 atom stereocenters. The minimum Gasteiger partial charge on any atom is -0.496 e. The van der Waals surface area contributed by atoms with Crippen molar-refractivity contribution in [1.29, 1.82) is 0 Å². The topological polar surface area (TPSA) is 73.6 Å². The lowest BCUT2D eigenvalue weighted by Gasteiger charge is -2.24. The van der Waals surface area contributed by atoms with Gasteiger partial charge in [-0.25, -0.2) is 0 Å². The highest BCUT2D eigenvalue weighted by Crippen LogP contribution is 2.39. The zero-order valence-corrected chi connectivity index (χ0v) is 14.3. The standard InChI is InChI=1S/C20H22N2O3/c1-24-18-4-2-3-16-15(18)7-9-20(16,21)19(23)22-12-13-5-6-17-14(11-13)8-10-25-17/h2-6,11H,7-10,12,21H2,1H3,(H,22,23). The van der Waals surface area contributed by atoms with Crippen LogP contribution in [0.2, 0.25) is 0 Å². The minimum absolute atomic E-state index is 0.142. The van der Waals surface area contributed by atoms with Gasteiger partial charge in [-0.2, -0.15) is 0 Å². The first-order valence-electron chi connectivity index (χ1n) is 8.60. The number of nitrogens with one attached hydrogen (secondary N) is 1. The van der Waals surface area contributed by atoms with Crippen LogP contribution >= 0.6 is 0 Å². The second kappa shape index (κ2) is 6.08. The number of amides is 1. The summed E-state index contributed by atoms with van der Waals surface area (Å²) in [5, 5.41) is 3.01. The normalized spacial score (nSPS) is 20.6. The summed E-state index contributed by atoms with van der Waals surface area (Å²) < 4.78 is 10.9. The van der Waals surface area contributed by atoms with Gasteiger partial charge in [0.25, 0.3) is 0 Å². The maximum atomic E-state index is 12.8. The van der Waals surface area contributed by atoms with Gasteiger partial charge in [-0.1, -0.05) is 24.3 Å². The van der Waals surface area contributed by atoms with E-state index in [1.54, 1.807) is 7.11 Å². The van der Waals surface area contributed by atoms with Crippen LogP contribution in [0.3, 0.4) is 0 Å². The molecule has 1 aliphatic carbocycles. The van der Waals surface area contributed by atoms with E-state index < -0.39 is 5.54 Å². The summed E-state index contributed by atoms with van der Waals surface area (Å²) in [4.78, 5) is 12.8. The van der Waals surface area contributed by atoms with E-state index in [1.807, 2.05) is 30.3 Å². The molecule has 1 heterocycles. The summed E-state index contributed by atoms with van der Waals surface area (Å²) in [6.45, 7) is 1.19. The van der Waals surface area contributed by atoms with Crippen LogP contribution in [0.5, 0.6) is 11.5 Å². The van der Waals surface area contributed by atoms with Crippen molar-refractivity contribution in [3.8, 4) is 11.5 Å². The number of ether oxygens (including phenoxy) is 2. The average Bonchev–Trinajstić information content (AvgIpc) is 3.24. The first-order chi connectivity index (χ1) is 12.1. The summed E-state index contributed by atoms with van der Waals surface area (Å²) in [5.41, 5.74) is 9.67. The van der Waals surface area contributed by atoms with Gasteiger partial charge in [0, 0.05) is 13.0 Å². The molecule has 1 aliphatic heterocycles. The van der Waals surface area contributed by atoms with Crippen LogP contribution in [0.1, 0.15) is 28.7 Å². The number of fused-ring (bicyclic) bond motifs is 2. The molecule has 2 aliphatic rings. The molecule has 2 aromatic rings. The van der Waals surface area contributed by atoms with Gasteiger partial charge in [-0.15, -0.1) is 0 Å². The summed E-state index contributed by atoms with van der Waals surface area (Å²) in [5.74, 6) is 1.61. The second-order valence-corrected chi connectivity index (χ2v) is 6.68. The number of hydrogen-bond acceptors (Lipinski definition) is 4. The molecule has 3 N–H and O–H groups in total. The fourth-order valence-corrected chi connectivity index (χ4v) is 3.82. The molecule has 130 valence electrons. The van der Waals surface area contributed by atoms with Crippen LogP contribution < -0.4 is 20.5 Å². The van der Waals surface area contributed by atoms with Crippen molar-refractivity contribution in [2.75, 3.05) is 13.7 Å². The Kier molecular flexibility index (Phi) is 3.88. The molecule has 0 saturated heterocycles. The van der Waals surface area contributed by atoms with Crippen molar-refractivity contribution in [2.24, 2.45) is 5.73 Å². The Bertz CT molecular complexity index is 834. The van der Waals surface area contributed by atoms with Crippen LogP contribution in [0, 0.1) is 0 Å². The third-order valence-electron chi connectivity index (χ3n) is 5.22. The van der Waals surface area contributed by atoms with Crippen molar-refractivity contribution in [3.63, 3.8) is 0 Å². The van der Waals surface area contributed by atoms with E-state index in [4.69, 9.17) is 15.2 Å². The van der Waals surface area contributed by atoms with Crippen LogP contribution in [-0.2, 0) is 29.7 Å². The number of methoxy groups -OCH3 is 1. The molecule has 1 unspecified atom stereocenters. The van der Waals surface area contributed by atoms with E-state index in [0.29, 0.717) is 13.0 Å². The smallest absolute Gasteiger partial charge is 0.244 e.